The molecule has 3 N–H and O–H groups in total. The van der Waals surface area contributed by atoms with Gasteiger partial charge in [0.1, 0.15) is 0 Å². The van der Waals surface area contributed by atoms with Crippen molar-refractivity contribution >= 4 is 17.1 Å². The fourth-order valence-corrected chi connectivity index (χ4v) is 5.59. The van der Waals surface area contributed by atoms with E-state index in [-0.39, 0.29) is 22.9 Å². The molecule has 0 aliphatic heterocycles. The molecule has 322 valence electrons. The molecule has 0 fully saturated rings. The number of nitrogens with zero attached hydrogens (tertiary/aromatic N) is 1. The number of ether oxygens (including phenoxy) is 6. The predicted octanol–water partition coefficient (Wildman–Crippen LogP) is 12.5. The highest BCUT2D eigenvalue weighted by Gasteiger charge is 2.15. The summed E-state index contributed by atoms with van der Waals surface area (Å²) < 4.78 is 73.9. The van der Waals surface area contributed by atoms with Gasteiger partial charge in [0.15, 0.2) is 69.2 Å². The molecule has 0 saturated heterocycles. The van der Waals surface area contributed by atoms with E-state index in [2.05, 4.69) is 19.2 Å². The van der Waals surface area contributed by atoms with Crippen LogP contribution in [-0.4, -0.2) is 32.8 Å². The largest absolute Gasteiger partial charge is 0.493 e. The topological polar surface area (TPSA) is 137 Å². The summed E-state index contributed by atoms with van der Waals surface area (Å²) in [6.45, 7) is 8.82. The summed E-state index contributed by atoms with van der Waals surface area (Å²) in [6, 6.07) is 28.9. The number of halogens is 3. The summed E-state index contributed by atoms with van der Waals surface area (Å²) >= 11 is 0. The molecule has 6 rings (SSSR count). The van der Waals surface area contributed by atoms with Gasteiger partial charge in [-0.25, -0.2) is 13.2 Å². The molecule has 0 aliphatic carbocycles. The maximum atomic E-state index is 14.0. The first kappa shape index (κ1) is 46.6. The van der Waals surface area contributed by atoms with E-state index in [9.17, 15) is 23.3 Å². The highest BCUT2D eigenvalue weighted by Crippen LogP contribution is 2.37. The number of hydrogen-bond donors (Lipinski definition) is 2. The molecule has 0 bridgehead atoms. The Morgan fingerprint density at radius 3 is 1.23 bits per heavy atom. The van der Waals surface area contributed by atoms with E-state index in [1.165, 1.54) is 37.4 Å². The van der Waals surface area contributed by atoms with E-state index in [0.717, 1.165) is 54.3 Å². The Kier molecular flexibility index (Phi) is 17.5. The van der Waals surface area contributed by atoms with Crippen LogP contribution >= 0.6 is 0 Å². The summed E-state index contributed by atoms with van der Waals surface area (Å²) in [4.78, 5) is 9.91. The second-order valence-corrected chi connectivity index (χ2v) is 13.1. The second-order valence-electron chi connectivity index (χ2n) is 13.1. The van der Waals surface area contributed by atoms with Gasteiger partial charge in [-0.05, 0) is 110 Å². The van der Waals surface area contributed by atoms with Crippen LogP contribution in [0, 0.1) is 27.6 Å². The first-order chi connectivity index (χ1) is 29.4. The van der Waals surface area contributed by atoms with Gasteiger partial charge in [0.25, 0.3) is 5.69 Å². The average Bonchev–Trinajstić information content (AvgIpc) is 3.27. The van der Waals surface area contributed by atoms with E-state index < -0.39 is 22.4 Å². The fourth-order valence-electron chi connectivity index (χ4n) is 5.59. The number of nitro groups is 1. The third-order valence-electron chi connectivity index (χ3n) is 8.96. The SMILES string of the molecule is CCNc1ccc(Oc2ccc(CC)cc2OC)c(F)c1.CCc1ccc(Oc2ccc(N)cc2F)c(OC)c1.CCc1ccc(Oc2ccc([N+](=O)[O-])cc2F)c(OC)c1. The number of methoxy groups -OCH3 is 3. The third-order valence-corrected chi connectivity index (χ3v) is 8.96. The van der Waals surface area contributed by atoms with Gasteiger partial charge in [0.05, 0.1) is 32.3 Å². The number of nitrogens with one attached hydrogen (secondary N) is 1. The van der Waals surface area contributed by atoms with Crippen LogP contribution < -0.4 is 39.5 Å². The zero-order valence-corrected chi connectivity index (χ0v) is 35.1. The second kappa shape index (κ2) is 22.9. The van der Waals surface area contributed by atoms with Crippen LogP contribution in [0.25, 0.3) is 0 Å². The van der Waals surface area contributed by atoms with Gasteiger partial charge < -0.3 is 39.5 Å². The van der Waals surface area contributed by atoms with Crippen LogP contribution in [0.2, 0.25) is 0 Å². The number of aryl methyl sites for hydroxylation is 3. The predicted molar refractivity (Wildman–Crippen MR) is 232 cm³/mol. The van der Waals surface area contributed by atoms with Crippen molar-refractivity contribution in [2.24, 2.45) is 0 Å². The molecule has 11 nitrogen and oxygen atoms in total. The molecule has 0 aromatic heterocycles. The average molecular weight is 842 g/mol. The molecule has 0 aliphatic rings. The van der Waals surface area contributed by atoms with E-state index >= 15 is 0 Å². The maximum Gasteiger partial charge on any atom is 0.272 e. The monoisotopic (exact) mass is 841 g/mol. The zero-order chi connectivity index (χ0) is 44.5. The lowest BCUT2D eigenvalue weighted by molar-refractivity contribution is -0.385. The number of nitrogen functional groups attached to an aromatic ring is 1. The van der Waals surface area contributed by atoms with Gasteiger partial charge in [-0.1, -0.05) is 39.0 Å². The van der Waals surface area contributed by atoms with Crippen molar-refractivity contribution in [2.75, 3.05) is 38.9 Å². The smallest absolute Gasteiger partial charge is 0.272 e. The van der Waals surface area contributed by atoms with E-state index in [0.29, 0.717) is 40.2 Å². The van der Waals surface area contributed by atoms with E-state index in [1.807, 2.05) is 44.2 Å². The molecule has 0 radical (unpaired) electrons. The van der Waals surface area contributed by atoms with Gasteiger partial charge in [0, 0.05) is 36.1 Å². The Morgan fingerprint density at radius 2 is 0.885 bits per heavy atom. The number of anilines is 2. The lowest BCUT2D eigenvalue weighted by Crippen LogP contribution is -1.98. The van der Waals surface area contributed by atoms with Crippen molar-refractivity contribution in [3.63, 3.8) is 0 Å². The summed E-state index contributed by atoms with van der Waals surface area (Å²) in [5.41, 5.74) is 9.59. The highest BCUT2D eigenvalue weighted by atomic mass is 19.1. The standard InChI is InChI=1S/C17H20FNO2.C15H14FNO4.C15H16FNO2/c1-4-12-6-8-16(17(10-12)20-3)21-15-9-7-13(19-5-2)11-14(15)18;1-3-10-4-6-14(15(8-10)20-2)21-13-7-5-11(17(18)19)9-12(13)16;1-3-10-4-6-14(15(8-10)18-2)19-13-7-5-11(17)9-12(13)16/h6-11,19H,4-5H2,1-3H3;4-9H,3H2,1-2H3;4-9H,3,17H2,1-2H3. The quantitative estimate of drug-likeness (QED) is 0.0584. The Balaban J connectivity index is 0.000000202. The molecule has 0 unspecified atom stereocenters. The van der Waals surface area contributed by atoms with Crippen LogP contribution in [0.3, 0.4) is 0 Å². The Bertz CT molecular complexity index is 2400. The van der Waals surface area contributed by atoms with Crippen molar-refractivity contribution in [1.82, 2.24) is 0 Å². The Hall–Kier alpha value is -7.09. The molecule has 14 heteroatoms. The molecule has 61 heavy (non-hydrogen) atoms. The first-order valence-electron chi connectivity index (χ1n) is 19.4. The highest BCUT2D eigenvalue weighted by molar-refractivity contribution is 5.51. The van der Waals surface area contributed by atoms with Gasteiger partial charge >= 0.3 is 0 Å². The van der Waals surface area contributed by atoms with E-state index in [4.69, 9.17) is 34.2 Å². The number of nitro benzene ring substituents is 1. The summed E-state index contributed by atoms with van der Waals surface area (Å²) in [6.07, 6.45) is 2.64. The number of non-ortho nitro benzene ring substituents is 1. The molecule has 0 heterocycles. The number of benzene rings is 6. The number of nitrogens with two attached hydrogens (primary N) is 1. The van der Waals surface area contributed by atoms with Gasteiger partial charge in [-0.2, -0.15) is 0 Å². The van der Waals surface area contributed by atoms with Crippen LogP contribution in [-0.2, 0) is 19.3 Å². The van der Waals surface area contributed by atoms with Crippen molar-refractivity contribution in [3.8, 4) is 51.7 Å². The van der Waals surface area contributed by atoms with Crippen molar-refractivity contribution in [2.45, 2.75) is 47.0 Å². The minimum Gasteiger partial charge on any atom is -0.493 e. The third kappa shape index (κ3) is 13.2. The molecule has 0 atom stereocenters. The molecule has 0 saturated carbocycles. The van der Waals surface area contributed by atoms with Gasteiger partial charge in [-0.3, -0.25) is 10.1 Å². The van der Waals surface area contributed by atoms with Crippen molar-refractivity contribution in [3.05, 3.63) is 153 Å². The maximum absolute atomic E-state index is 14.0. The minimum atomic E-state index is -0.800. The van der Waals surface area contributed by atoms with Gasteiger partial charge in [-0.15, -0.1) is 0 Å². The first-order valence-corrected chi connectivity index (χ1v) is 19.4. The molecular weight excluding hydrogens is 792 g/mol. The molecular formula is C47H50F3N3O8. The number of rotatable bonds is 15. The normalized spacial score (nSPS) is 10.3. The van der Waals surface area contributed by atoms with Crippen molar-refractivity contribution in [1.29, 1.82) is 0 Å². The minimum absolute atomic E-state index is 0.0943. The van der Waals surface area contributed by atoms with Crippen LogP contribution in [0.4, 0.5) is 30.2 Å². The van der Waals surface area contributed by atoms with Crippen LogP contribution in [0.1, 0.15) is 44.4 Å². The molecule has 6 aromatic rings. The fraction of sp³-hybridized carbons (Fsp3) is 0.234. The zero-order valence-electron chi connectivity index (χ0n) is 35.1. The lowest BCUT2D eigenvalue weighted by Gasteiger charge is -2.13. The van der Waals surface area contributed by atoms with E-state index in [1.54, 1.807) is 56.7 Å². The number of hydrogen-bond acceptors (Lipinski definition) is 10. The lowest BCUT2D eigenvalue weighted by atomic mass is 10.1. The summed E-state index contributed by atoms with van der Waals surface area (Å²) in [7, 11) is 4.63. The molecule has 0 spiro atoms. The molecule has 0 amide bonds. The Labute approximate surface area is 353 Å². The Morgan fingerprint density at radius 1 is 0.508 bits per heavy atom. The van der Waals surface area contributed by atoms with Gasteiger partial charge in [0.2, 0.25) is 0 Å². The van der Waals surface area contributed by atoms with Crippen LogP contribution in [0.5, 0.6) is 51.7 Å². The summed E-state index contributed by atoms with van der Waals surface area (Å²) in [5.74, 6) is 1.49. The van der Waals surface area contributed by atoms with Crippen molar-refractivity contribution < 1.29 is 46.5 Å². The molecule has 6 aromatic carbocycles. The van der Waals surface area contributed by atoms with Crippen LogP contribution in [0.15, 0.2) is 109 Å². The summed E-state index contributed by atoms with van der Waals surface area (Å²) in [5, 5.41) is 13.6.